The molecule has 0 radical (unpaired) electrons. The summed E-state index contributed by atoms with van der Waals surface area (Å²) in [6.07, 6.45) is 4.08. The van der Waals surface area contributed by atoms with Crippen LogP contribution in [0.5, 0.6) is 0 Å². The molecule has 0 bridgehead atoms. The fraction of sp³-hybridized carbons (Fsp3) is 0.615. The van der Waals surface area contributed by atoms with Crippen molar-refractivity contribution in [1.29, 1.82) is 0 Å². The number of ether oxygens (including phenoxy) is 1. The SMILES string of the molecule is CC(CNc1nc(NC2CCCC2)ncc1[N+](=O)[O-])OC(N)=O. The van der Waals surface area contributed by atoms with E-state index >= 15 is 0 Å². The van der Waals surface area contributed by atoms with Crippen LogP contribution in [0.1, 0.15) is 32.6 Å². The van der Waals surface area contributed by atoms with Crippen molar-refractivity contribution in [3.63, 3.8) is 0 Å². The summed E-state index contributed by atoms with van der Waals surface area (Å²) in [5, 5.41) is 17.0. The average Bonchev–Trinajstić information content (AvgIpc) is 2.97. The predicted octanol–water partition coefficient (Wildman–Crippen LogP) is 1.64. The lowest BCUT2D eigenvalue weighted by molar-refractivity contribution is -0.384. The first kappa shape index (κ1) is 16.7. The van der Waals surface area contributed by atoms with Crippen LogP contribution in [0.3, 0.4) is 0 Å². The number of nitrogens with two attached hydrogens (primary N) is 1. The maximum absolute atomic E-state index is 11.1. The Morgan fingerprint density at radius 3 is 2.87 bits per heavy atom. The number of hydrogen-bond acceptors (Lipinski definition) is 8. The Labute approximate surface area is 133 Å². The lowest BCUT2D eigenvalue weighted by Gasteiger charge is -2.15. The van der Waals surface area contributed by atoms with Crippen LogP contribution in [0.15, 0.2) is 6.20 Å². The molecule has 10 heteroatoms. The Kier molecular flexibility index (Phi) is 5.50. The van der Waals surface area contributed by atoms with E-state index < -0.39 is 17.1 Å². The fourth-order valence-electron chi connectivity index (χ4n) is 2.44. The van der Waals surface area contributed by atoms with Crippen LogP contribution < -0.4 is 16.4 Å². The van der Waals surface area contributed by atoms with Crippen LogP contribution in [0.2, 0.25) is 0 Å². The molecule has 1 saturated carbocycles. The molecule has 1 aliphatic carbocycles. The number of nitrogens with zero attached hydrogens (tertiary/aromatic N) is 3. The van der Waals surface area contributed by atoms with E-state index in [0.717, 1.165) is 31.9 Å². The molecule has 1 aromatic heterocycles. The molecule has 0 saturated heterocycles. The smallest absolute Gasteiger partial charge is 0.404 e. The van der Waals surface area contributed by atoms with E-state index in [0.29, 0.717) is 12.0 Å². The second kappa shape index (κ2) is 7.56. The van der Waals surface area contributed by atoms with Gasteiger partial charge in [0.1, 0.15) is 12.3 Å². The molecule has 23 heavy (non-hydrogen) atoms. The van der Waals surface area contributed by atoms with Gasteiger partial charge in [-0.3, -0.25) is 10.1 Å². The van der Waals surface area contributed by atoms with Crippen LogP contribution in [-0.2, 0) is 4.74 Å². The van der Waals surface area contributed by atoms with Crippen LogP contribution in [0.4, 0.5) is 22.2 Å². The summed E-state index contributed by atoms with van der Waals surface area (Å²) in [5.74, 6) is 0.416. The van der Waals surface area contributed by atoms with E-state index in [9.17, 15) is 14.9 Å². The molecule has 1 aromatic rings. The molecular formula is C13H20N6O4. The van der Waals surface area contributed by atoms with E-state index in [1.165, 1.54) is 0 Å². The molecule has 0 aromatic carbocycles. The lowest BCUT2D eigenvalue weighted by atomic mass is 10.2. The summed E-state index contributed by atoms with van der Waals surface area (Å²) in [4.78, 5) is 29.3. The maximum atomic E-state index is 11.1. The van der Waals surface area contributed by atoms with E-state index in [2.05, 4.69) is 20.6 Å². The highest BCUT2D eigenvalue weighted by molar-refractivity contribution is 5.65. The van der Waals surface area contributed by atoms with Gasteiger partial charge in [-0.15, -0.1) is 0 Å². The number of hydrogen-bond donors (Lipinski definition) is 3. The standard InChI is InChI=1S/C13H20N6O4/c1-8(23-12(14)20)6-15-11-10(19(21)22)7-16-13(18-11)17-9-4-2-3-5-9/h7-9H,2-6H2,1H3,(H2,14,20)(H2,15,16,17,18). The lowest BCUT2D eigenvalue weighted by Crippen LogP contribution is -2.27. The monoisotopic (exact) mass is 324 g/mol. The average molecular weight is 324 g/mol. The number of aromatic nitrogens is 2. The summed E-state index contributed by atoms with van der Waals surface area (Å²) in [7, 11) is 0. The Balaban J connectivity index is 2.06. The molecule has 0 spiro atoms. The number of rotatable bonds is 7. The van der Waals surface area contributed by atoms with Gasteiger partial charge >= 0.3 is 11.8 Å². The molecular weight excluding hydrogens is 304 g/mol. The van der Waals surface area contributed by atoms with Gasteiger partial charge < -0.3 is 21.1 Å². The van der Waals surface area contributed by atoms with Gasteiger partial charge in [0, 0.05) is 6.04 Å². The van der Waals surface area contributed by atoms with Crippen molar-refractivity contribution >= 4 is 23.5 Å². The van der Waals surface area contributed by atoms with E-state index in [-0.39, 0.29) is 18.1 Å². The van der Waals surface area contributed by atoms with Crippen LogP contribution >= 0.6 is 0 Å². The summed E-state index contributed by atoms with van der Waals surface area (Å²) < 4.78 is 4.76. The third-order valence-corrected chi connectivity index (χ3v) is 3.53. The number of anilines is 2. The molecule has 1 unspecified atom stereocenters. The van der Waals surface area contributed by atoms with Gasteiger partial charge in [0.2, 0.25) is 11.8 Å². The van der Waals surface area contributed by atoms with Gasteiger partial charge in [-0.2, -0.15) is 4.98 Å². The van der Waals surface area contributed by atoms with Gasteiger partial charge in [-0.1, -0.05) is 12.8 Å². The molecule has 1 heterocycles. The molecule has 1 fully saturated rings. The fourth-order valence-corrected chi connectivity index (χ4v) is 2.44. The zero-order chi connectivity index (χ0) is 16.8. The quantitative estimate of drug-likeness (QED) is 0.507. The Morgan fingerprint density at radius 1 is 1.57 bits per heavy atom. The highest BCUT2D eigenvalue weighted by Crippen LogP contribution is 2.25. The highest BCUT2D eigenvalue weighted by atomic mass is 16.6. The summed E-state index contributed by atoms with van der Waals surface area (Å²) >= 11 is 0. The minimum Gasteiger partial charge on any atom is -0.445 e. The minimum absolute atomic E-state index is 0.0745. The van der Waals surface area contributed by atoms with Gasteiger partial charge in [0.25, 0.3) is 0 Å². The number of nitrogens with one attached hydrogen (secondary N) is 2. The normalized spacial score (nSPS) is 15.9. The van der Waals surface area contributed by atoms with Gasteiger partial charge in [-0.05, 0) is 19.8 Å². The topological polar surface area (TPSA) is 145 Å². The van der Waals surface area contributed by atoms with E-state index in [4.69, 9.17) is 10.5 Å². The van der Waals surface area contributed by atoms with Crippen LogP contribution in [0.25, 0.3) is 0 Å². The molecule has 2 rings (SSSR count). The summed E-state index contributed by atoms with van der Waals surface area (Å²) in [6, 6.07) is 0.293. The molecule has 4 N–H and O–H groups in total. The van der Waals surface area contributed by atoms with Crippen molar-refractivity contribution in [2.45, 2.75) is 44.8 Å². The van der Waals surface area contributed by atoms with Crippen molar-refractivity contribution in [2.75, 3.05) is 17.2 Å². The van der Waals surface area contributed by atoms with E-state index in [1.807, 2.05) is 0 Å². The van der Waals surface area contributed by atoms with Crippen molar-refractivity contribution in [3.8, 4) is 0 Å². The zero-order valence-corrected chi connectivity index (χ0v) is 12.8. The van der Waals surface area contributed by atoms with Gasteiger partial charge in [0.05, 0.1) is 11.5 Å². The molecule has 1 aliphatic rings. The maximum Gasteiger partial charge on any atom is 0.404 e. The first-order valence-corrected chi connectivity index (χ1v) is 7.43. The highest BCUT2D eigenvalue weighted by Gasteiger charge is 2.21. The number of amides is 1. The largest absolute Gasteiger partial charge is 0.445 e. The summed E-state index contributed by atoms with van der Waals surface area (Å²) in [6.45, 7) is 1.76. The molecule has 0 aliphatic heterocycles. The second-order valence-corrected chi connectivity index (χ2v) is 5.44. The number of primary amides is 1. The Morgan fingerprint density at radius 2 is 2.26 bits per heavy atom. The third-order valence-electron chi connectivity index (χ3n) is 3.53. The van der Waals surface area contributed by atoms with E-state index in [1.54, 1.807) is 6.92 Å². The minimum atomic E-state index is -0.903. The van der Waals surface area contributed by atoms with Crippen molar-refractivity contribution in [1.82, 2.24) is 9.97 Å². The third kappa shape index (κ3) is 4.94. The first-order chi connectivity index (χ1) is 11.0. The second-order valence-electron chi connectivity index (χ2n) is 5.44. The van der Waals surface area contributed by atoms with Gasteiger partial charge in [-0.25, -0.2) is 9.78 Å². The number of carbonyl (C=O) groups is 1. The van der Waals surface area contributed by atoms with Crippen molar-refractivity contribution in [2.24, 2.45) is 5.73 Å². The molecule has 126 valence electrons. The molecule has 1 amide bonds. The Hall–Kier alpha value is -2.65. The molecule has 1 atom stereocenters. The zero-order valence-electron chi connectivity index (χ0n) is 12.8. The number of nitro groups is 1. The first-order valence-electron chi connectivity index (χ1n) is 7.43. The van der Waals surface area contributed by atoms with Crippen LogP contribution in [-0.4, -0.2) is 39.7 Å². The number of carbonyl (C=O) groups excluding carboxylic acids is 1. The van der Waals surface area contributed by atoms with Crippen molar-refractivity contribution in [3.05, 3.63) is 16.3 Å². The predicted molar refractivity (Wildman–Crippen MR) is 83.2 cm³/mol. The Bertz CT molecular complexity index is 576. The molecule has 10 nitrogen and oxygen atoms in total. The van der Waals surface area contributed by atoms with Crippen LogP contribution in [0, 0.1) is 10.1 Å². The van der Waals surface area contributed by atoms with Gasteiger partial charge in [0.15, 0.2) is 0 Å². The summed E-state index contributed by atoms with van der Waals surface area (Å²) in [5.41, 5.74) is 4.68. The van der Waals surface area contributed by atoms with Crippen molar-refractivity contribution < 1.29 is 14.5 Å².